The van der Waals surface area contributed by atoms with Crippen molar-refractivity contribution in [3.05, 3.63) is 33.8 Å². The highest BCUT2D eigenvalue weighted by Gasteiger charge is 2.41. The van der Waals surface area contributed by atoms with Gasteiger partial charge in [-0.2, -0.15) is 0 Å². The first-order valence-electron chi connectivity index (χ1n) is 7.94. The molecule has 1 saturated heterocycles. The van der Waals surface area contributed by atoms with Crippen LogP contribution < -0.4 is 5.32 Å². The van der Waals surface area contributed by atoms with Crippen LogP contribution in [0.1, 0.15) is 38.7 Å². The molecule has 2 fully saturated rings. The lowest BCUT2D eigenvalue weighted by Gasteiger charge is -2.46. The van der Waals surface area contributed by atoms with Gasteiger partial charge in [0, 0.05) is 31.2 Å². The number of piperazine rings is 1. The normalized spacial score (nSPS) is 30.6. The molecule has 1 aliphatic carbocycles. The van der Waals surface area contributed by atoms with Gasteiger partial charge in [0.25, 0.3) is 0 Å². The maximum absolute atomic E-state index is 6.16. The predicted octanol–water partition coefficient (Wildman–Crippen LogP) is 4.35. The van der Waals surface area contributed by atoms with E-state index >= 15 is 0 Å². The Kier molecular flexibility index (Phi) is 4.52. The van der Waals surface area contributed by atoms with E-state index < -0.39 is 0 Å². The molecule has 0 radical (unpaired) electrons. The first-order valence-corrected chi connectivity index (χ1v) is 8.69. The van der Waals surface area contributed by atoms with Crippen LogP contribution in [0.2, 0.25) is 10.0 Å². The van der Waals surface area contributed by atoms with Crippen molar-refractivity contribution in [2.75, 3.05) is 13.1 Å². The second-order valence-electron chi connectivity index (χ2n) is 6.85. The van der Waals surface area contributed by atoms with Crippen LogP contribution in [-0.2, 0) is 6.54 Å². The highest BCUT2D eigenvalue weighted by molar-refractivity contribution is 6.42. The minimum Gasteiger partial charge on any atom is -0.309 e. The Bertz CT molecular complexity index is 516. The molecule has 2 atom stereocenters. The van der Waals surface area contributed by atoms with Crippen molar-refractivity contribution in [2.45, 2.75) is 51.2 Å². The summed E-state index contributed by atoms with van der Waals surface area (Å²) in [7, 11) is 0. The standard InChI is InChI=1S/C17H24Cl2N2/c1-3-17(2)11-21(16(9-20-17)13-5-6-13)10-12-4-7-14(18)15(19)8-12/h4,7-8,13,16,20H,3,5-6,9-11H2,1-2H3. The third-order valence-electron chi connectivity index (χ3n) is 5.08. The van der Waals surface area contributed by atoms with Gasteiger partial charge in [0.15, 0.2) is 0 Å². The van der Waals surface area contributed by atoms with Crippen LogP contribution in [0.15, 0.2) is 18.2 Å². The topological polar surface area (TPSA) is 15.3 Å². The van der Waals surface area contributed by atoms with Crippen LogP contribution in [0, 0.1) is 5.92 Å². The highest BCUT2D eigenvalue weighted by Crippen LogP contribution is 2.38. The lowest BCUT2D eigenvalue weighted by Crippen LogP contribution is -2.62. The summed E-state index contributed by atoms with van der Waals surface area (Å²) in [6.45, 7) is 7.77. The summed E-state index contributed by atoms with van der Waals surface area (Å²) in [6, 6.07) is 6.69. The molecule has 2 unspecified atom stereocenters. The van der Waals surface area contributed by atoms with Gasteiger partial charge in [-0.25, -0.2) is 0 Å². The smallest absolute Gasteiger partial charge is 0.0595 e. The SMILES string of the molecule is CCC1(C)CN(Cc2ccc(Cl)c(Cl)c2)C(C2CC2)CN1. The molecule has 0 aromatic heterocycles. The largest absolute Gasteiger partial charge is 0.309 e. The summed E-state index contributed by atoms with van der Waals surface area (Å²) in [5.74, 6) is 0.877. The third-order valence-corrected chi connectivity index (χ3v) is 5.81. The lowest BCUT2D eigenvalue weighted by molar-refractivity contribution is 0.0662. The second kappa shape index (κ2) is 6.08. The van der Waals surface area contributed by atoms with E-state index in [1.54, 1.807) is 0 Å². The van der Waals surface area contributed by atoms with Crippen LogP contribution in [-0.4, -0.2) is 29.6 Å². The maximum Gasteiger partial charge on any atom is 0.0595 e. The molecule has 0 bridgehead atoms. The summed E-state index contributed by atoms with van der Waals surface area (Å²) < 4.78 is 0. The molecule has 0 amide bonds. The van der Waals surface area contributed by atoms with Gasteiger partial charge in [-0.05, 0) is 49.8 Å². The van der Waals surface area contributed by atoms with Crippen molar-refractivity contribution in [2.24, 2.45) is 5.92 Å². The first kappa shape index (κ1) is 15.6. The molecule has 2 nitrogen and oxygen atoms in total. The van der Waals surface area contributed by atoms with E-state index in [-0.39, 0.29) is 5.54 Å². The molecule has 2 aliphatic rings. The molecule has 1 N–H and O–H groups in total. The molecule has 3 rings (SSSR count). The summed E-state index contributed by atoms with van der Waals surface area (Å²) in [5.41, 5.74) is 1.48. The van der Waals surface area contributed by atoms with Gasteiger partial charge >= 0.3 is 0 Å². The lowest BCUT2D eigenvalue weighted by atomic mass is 9.91. The van der Waals surface area contributed by atoms with E-state index in [0.717, 1.165) is 32.0 Å². The minimum absolute atomic E-state index is 0.224. The van der Waals surface area contributed by atoms with Crippen molar-refractivity contribution >= 4 is 23.2 Å². The molecule has 0 spiro atoms. The number of hydrogen-bond donors (Lipinski definition) is 1. The van der Waals surface area contributed by atoms with E-state index in [4.69, 9.17) is 23.2 Å². The number of benzene rings is 1. The van der Waals surface area contributed by atoms with E-state index in [9.17, 15) is 0 Å². The van der Waals surface area contributed by atoms with Crippen molar-refractivity contribution in [1.29, 1.82) is 0 Å². The molecular formula is C17H24Cl2N2. The fourth-order valence-electron chi connectivity index (χ4n) is 3.33. The van der Waals surface area contributed by atoms with Gasteiger partial charge in [0.05, 0.1) is 10.0 Å². The van der Waals surface area contributed by atoms with Gasteiger partial charge in [-0.15, -0.1) is 0 Å². The van der Waals surface area contributed by atoms with Gasteiger partial charge in [-0.1, -0.05) is 36.2 Å². The first-order chi connectivity index (χ1) is 10.0. The Morgan fingerprint density at radius 2 is 2.05 bits per heavy atom. The van der Waals surface area contributed by atoms with Crippen molar-refractivity contribution in [1.82, 2.24) is 10.2 Å². The number of halogens is 2. The average Bonchev–Trinajstić information content (AvgIpc) is 3.28. The quantitative estimate of drug-likeness (QED) is 0.885. The molecule has 1 aromatic carbocycles. The van der Waals surface area contributed by atoms with Gasteiger partial charge in [0.2, 0.25) is 0 Å². The Morgan fingerprint density at radius 3 is 2.67 bits per heavy atom. The van der Waals surface area contributed by atoms with Crippen LogP contribution in [0.5, 0.6) is 0 Å². The molecule has 116 valence electrons. The van der Waals surface area contributed by atoms with Crippen molar-refractivity contribution in [3.8, 4) is 0 Å². The van der Waals surface area contributed by atoms with Gasteiger partial charge in [-0.3, -0.25) is 4.90 Å². The number of nitrogens with zero attached hydrogens (tertiary/aromatic N) is 1. The van der Waals surface area contributed by atoms with E-state index in [0.29, 0.717) is 16.1 Å². The highest BCUT2D eigenvalue weighted by atomic mass is 35.5. The zero-order valence-electron chi connectivity index (χ0n) is 12.8. The second-order valence-corrected chi connectivity index (χ2v) is 7.67. The zero-order valence-corrected chi connectivity index (χ0v) is 14.3. The minimum atomic E-state index is 0.224. The van der Waals surface area contributed by atoms with E-state index in [1.807, 2.05) is 12.1 Å². The Hall–Kier alpha value is -0.280. The van der Waals surface area contributed by atoms with Crippen LogP contribution in [0.4, 0.5) is 0 Å². The molecule has 1 heterocycles. The summed E-state index contributed by atoms with van der Waals surface area (Å²) in [5, 5.41) is 5.06. The van der Waals surface area contributed by atoms with Gasteiger partial charge < -0.3 is 5.32 Å². The predicted molar refractivity (Wildman–Crippen MR) is 90.1 cm³/mol. The van der Waals surface area contributed by atoms with Crippen LogP contribution in [0.25, 0.3) is 0 Å². The Labute approximate surface area is 137 Å². The number of nitrogens with one attached hydrogen (secondary N) is 1. The molecule has 4 heteroatoms. The molecule has 1 aromatic rings. The fourth-order valence-corrected chi connectivity index (χ4v) is 3.65. The van der Waals surface area contributed by atoms with Crippen molar-refractivity contribution < 1.29 is 0 Å². The van der Waals surface area contributed by atoms with E-state index in [1.165, 1.54) is 18.4 Å². The maximum atomic E-state index is 6.16. The zero-order chi connectivity index (χ0) is 15.0. The Balaban J connectivity index is 1.76. The molecular weight excluding hydrogens is 303 g/mol. The van der Waals surface area contributed by atoms with E-state index in [2.05, 4.69) is 30.1 Å². The molecule has 21 heavy (non-hydrogen) atoms. The van der Waals surface area contributed by atoms with Gasteiger partial charge in [0.1, 0.15) is 0 Å². The third kappa shape index (κ3) is 3.56. The fraction of sp³-hybridized carbons (Fsp3) is 0.647. The number of hydrogen-bond acceptors (Lipinski definition) is 2. The molecule has 1 aliphatic heterocycles. The molecule has 1 saturated carbocycles. The number of rotatable bonds is 4. The summed E-state index contributed by atoms with van der Waals surface area (Å²) in [4.78, 5) is 2.65. The summed E-state index contributed by atoms with van der Waals surface area (Å²) in [6.07, 6.45) is 3.92. The monoisotopic (exact) mass is 326 g/mol. The summed E-state index contributed by atoms with van der Waals surface area (Å²) >= 11 is 12.2. The average molecular weight is 327 g/mol. The van der Waals surface area contributed by atoms with Crippen LogP contribution >= 0.6 is 23.2 Å². The van der Waals surface area contributed by atoms with Crippen molar-refractivity contribution in [3.63, 3.8) is 0 Å². The Morgan fingerprint density at radius 1 is 1.29 bits per heavy atom. The van der Waals surface area contributed by atoms with Crippen LogP contribution in [0.3, 0.4) is 0 Å².